The van der Waals surface area contributed by atoms with Crippen LogP contribution in [-0.4, -0.2) is 33.2 Å². The van der Waals surface area contributed by atoms with Gasteiger partial charge in [0.2, 0.25) is 0 Å². The monoisotopic (exact) mass is 343 g/mol. The van der Waals surface area contributed by atoms with Crippen LogP contribution in [-0.2, 0) is 12.8 Å². The highest BCUT2D eigenvalue weighted by Gasteiger charge is 2.02. The number of hydrogen-bond donors (Lipinski definition) is 2. The van der Waals surface area contributed by atoms with Crippen molar-refractivity contribution in [2.75, 3.05) is 27.2 Å². The van der Waals surface area contributed by atoms with Crippen molar-refractivity contribution in [3.63, 3.8) is 0 Å². The summed E-state index contributed by atoms with van der Waals surface area (Å²) in [6.07, 6.45) is 1.73. The molecule has 0 unspecified atom stereocenters. The first-order valence-corrected chi connectivity index (χ1v) is 8.45. The molecule has 2 aromatic rings. The number of hydrogen-bond acceptors (Lipinski definition) is 2. The quantitative estimate of drug-likeness (QED) is 0.600. The molecule has 0 spiro atoms. The fraction of sp³-hybridized carbons (Fsp3) is 0.350. The summed E-state index contributed by atoms with van der Waals surface area (Å²) in [4.78, 5) is 4.23. The van der Waals surface area contributed by atoms with Gasteiger partial charge in [0, 0.05) is 20.1 Å². The zero-order valence-corrected chi connectivity index (χ0v) is 15.1. The minimum atomic E-state index is -0.190. The van der Waals surface area contributed by atoms with E-state index in [1.807, 2.05) is 25.1 Å². The van der Waals surface area contributed by atoms with Gasteiger partial charge in [0.05, 0.1) is 7.11 Å². The number of nitrogens with one attached hydrogen (secondary N) is 2. The SMILES string of the molecule is CN=C(NCCc1ccc(OC)cc1)NCCc1ccc(F)cc1C. The smallest absolute Gasteiger partial charge is 0.190 e. The molecule has 0 bridgehead atoms. The van der Waals surface area contributed by atoms with Gasteiger partial charge in [-0.3, -0.25) is 4.99 Å². The van der Waals surface area contributed by atoms with Crippen LogP contribution >= 0.6 is 0 Å². The third-order valence-electron chi connectivity index (χ3n) is 4.08. The molecule has 0 saturated heterocycles. The van der Waals surface area contributed by atoms with Crippen LogP contribution < -0.4 is 15.4 Å². The van der Waals surface area contributed by atoms with E-state index in [1.165, 1.54) is 11.6 Å². The fourth-order valence-corrected chi connectivity index (χ4v) is 2.59. The molecular weight excluding hydrogens is 317 g/mol. The van der Waals surface area contributed by atoms with Crippen molar-refractivity contribution >= 4 is 5.96 Å². The fourth-order valence-electron chi connectivity index (χ4n) is 2.59. The molecule has 0 aliphatic carbocycles. The van der Waals surface area contributed by atoms with Crippen molar-refractivity contribution < 1.29 is 9.13 Å². The van der Waals surface area contributed by atoms with E-state index in [9.17, 15) is 4.39 Å². The Labute approximate surface area is 149 Å². The highest BCUT2D eigenvalue weighted by molar-refractivity contribution is 5.79. The van der Waals surface area contributed by atoms with Gasteiger partial charge in [-0.2, -0.15) is 0 Å². The zero-order chi connectivity index (χ0) is 18.1. The normalized spacial score (nSPS) is 11.3. The van der Waals surface area contributed by atoms with Gasteiger partial charge in [-0.05, 0) is 60.7 Å². The largest absolute Gasteiger partial charge is 0.497 e. The Morgan fingerprint density at radius 3 is 2.32 bits per heavy atom. The van der Waals surface area contributed by atoms with E-state index >= 15 is 0 Å². The number of aliphatic imine (C=N–C) groups is 1. The molecule has 0 radical (unpaired) electrons. The third kappa shape index (κ3) is 6.10. The molecule has 5 heteroatoms. The molecule has 0 saturated carbocycles. The first-order valence-electron chi connectivity index (χ1n) is 8.45. The predicted octanol–water partition coefficient (Wildman–Crippen LogP) is 3.09. The van der Waals surface area contributed by atoms with Gasteiger partial charge >= 0.3 is 0 Å². The Bertz CT molecular complexity index is 699. The summed E-state index contributed by atoms with van der Waals surface area (Å²) < 4.78 is 18.3. The second-order valence-corrected chi connectivity index (χ2v) is 5.84. The van der Waals surface area contributed by atoms with Gasteiger partial charge in [0.15, 0.2) is 5.96 Å². The Morgan fingerprint density at radius 1 is 1.04 bits per heavy atom. The van der Waals surface area contributed by atoms with Crippen molar-refractivity contribution in [1.82, 2.24) is 10.6 Å². The van der Waals surface area contributed by atoms with Gasteiger partial charge in [0.25, 0.3) is 0 Å². The number of ether oxygens (including phenoxy) is 1. The maximum Gasteiger partial charge on any atom is 0.190 e. The molecule has 2 N–H and O–H groups in total. The van der Waals surface area contributed by atoms with E-state index in [2.05, 4.69) is 27.8 Å². The maximum atomic E-state index is 13.1. The van der Waals surface area contributed by atoms with Crippen molar-refractivity contribution in [2.24, 2.45) is 4.99 Å². The summed E-state index contributed by atoms with van der Waals surface area (Å²) in [5.74, 6) is 1.45. The highest BCUT2D eigenvalue weighted by Crippen LogP contribution is 2.11. The molecule has 0 atom stereocenters. The lowest BCUT2D eigenvalue weighted by Gasteiger charge is -2.13. The van der Waals surface area contributed by atoms with E-state index in [0.717, 1.165) is 48.8 Å². The first-order chi connectivity index (χ1) is 12.1. The summed E-state index contributed by atoms with van der Waals surface area (Å²) >= 11 is 0. The second kappa shape index (κ2) is 9.67. The van der Waals surface area contributed by atoms with Crippen molar-refractivity contribution in [3.05, 3.63) is 65.0 Å². The average Bonchev–Trinajstić information content (AvgIpc) is 2.62. The lowest BCUT2D eigenvalue weighted by Crippen LogP contribution is -2.39. The summed E-state index contributed by atoms with van der Waals surface area (Å²) in [7, 11) is 3.42. The van der Waals surface area contributed by atoms with Crippen LogP contribution in [0.15, 0.2) is 47.5 Å². The molecule has 0 amide bonds. The number of rotatable bonds is 7. The molecular formula is C20H26FN3O. The molecule has 2 aromatic carbocycles. The number of guanidine groups is 1. The summed E-state index contributed by atoms with van der Waals surface area (Å²) in [6, 6.07) is 13.0. The van der Waals surface area contributed by atoms with Crippen LogP contribution in [0.2, 0.25) is 0 Å². The topological polar surface area (TPSA) is 45.7 Å². The van der Waals surface area contributed by atoms with E-state index in [4.69, 9.17) is 4.74 Å². The molecule has 25 heavy (non-hydrogen) atoms. The zero-order valence-electron chi connectivity index (χ0n) is 15.1. The van der Waals surface area contributed by atoms with Crippen molar-refractivity contribution in [2.45, 2.75) is 19.8 Å². The van der Waals surface area contributed by atoms with Crippen LogP contribution in [0.1, 0.15) is 16.7 Å². The highest BCUT2D eigenvalue weighted by atomic mass is 19.1. The molecule has 0 aliphatic rings. The standard InChI is InChI=1S/C20H26FN3O/c1-15-14-18(21)7-6-17(15)11-13-24-20(22-2)23-12-10-16-4-8-19(25-3)9-5-16/h4-9,14H,10-13H2,1-3H3,(H2,22,23,24). The Kier molecular flexibility index (Phi) is 7.26. The minimum Gasteiger partial charge on any atom is -0.497 e. The average molecular weight is 343 g/mol. The lowest BCUT2D eigenvalue weighted by molar-refractivity contribution is 0.414. The molecule has 0 aromatic heterocycles. The number of benzene rings is 2. The van der Waals surface area contributed by atoms with E-state index < -0.39 is 0 Å². The Hall–Kier alpha value is -2.56. The molecule has 2 rings (SSSR count). The van der Waals surface area contributed by atoms with Crippen LogP contribution in [0.3, 0.4) is 0 Å². The first kappa shape index (κ1) is 18.8. The second-order valence-electron chi connectivity index (χ2n) is 5.84. The number of methoxy groups -OCH3 is 1. The van der Waals surface area contributed by atoms with Crippen LogP contribution in [0, 0.1) is 12.7 Å². The molecule has 0 aliphatic heterocycles. The van der Waals surface area contributed by atoms with Crippen LogP contribution in [0.4, 0.5) is 4.39 Å². The minimum absolute atomic E-state index is 0.190. The third-order valence-corrected chi connectivity index (χ3v) is 4.08. The molecule has 0 heterocycles. The molecule has 0 fully saturated rings. The Morgan fingerprint density at radius 2 is 1.72 bits per heavy atom. The molecule has 134 valence electrons. The van der Waals surface area contributed by atoms with Crippen molar-refractivity contribution in [1.29, 1.82) is 0 Å². The maximum absolute atomic E-state index is 13.1. The number of nitrogens with zero attached hydrogens (tertiary/aromatic N) is 1. The van der Waals surface area contributed by atoms with E-state index in [0.29, 0.717) is 0 Å². The molecule has 4 nitrogen and oxygen atoms in total. The van der Waals surface area contributed by atoms with Gasteiger partial charge < -0.3 is 15.4 Å². The number of halogens is 1. The Balaban J connectivity index is 1.73. The number of aryl methyl sites for hydroxylation is 1. The van der Waals surface area contributed by atoms with E-state index in [1.54, 1.807) is 20.2 Å². The summed E-state index contributed by atoms with van der Waals surface area (Å²) in [5, 5.41) is 6.59. The van der Waals surface area contributed by atoms with Gasteiger partial charge in [-0.1, -0.05) is 18.2 Å². The summed E-state index contributed by atoms with van der Waals surface area (Å²) in [6.45, 7) is 3.47. The predicted molar refractivity (Wildman–Crippen MR) is 101 cm³/mol. The van der Waals surface area contributed by atoms with Gasteiger partial charge in [-0.15, -0.1) is 0 Å². The van der Waals surface area contributed by atoms with Gasteiger partial charge in [0.1, 0.15) is 11.6 Å². The van der Waals surface area contributed by atoms with Crippen LogP contribution in [0.5, 0.6) is 5.75 Å². The van der Waals surface area contributed by atoms with Crippen molar-refractivity contribution in [3.8, 4) is 5.75 Å². The van der Waals surface area contributed by atoms with Gasteiger partial charge in [-0.25, -0.2) is 4.39 Å². The van der Waals surface area contributed by atoms with Crippen LogP contribution in [0.25, 0.3) is 0 Å². The lowest BCUT2D eigenvalue weighted by atomic mass is 10.1. The van der Waals surface area contributed by atoms with E-state index in [-0.39, 0.29) is 5.82 Å². The summed E-state index contributed by atoms with van der Waals surface area (Å²) in [5.41, 5.74) is 3.36.